The van der Waals surface area contributed by atoms with Crippen molar-refractivity contribution in [2.75, 3.05) is 25.0 Å². The number of anilines is 1. The number of hydrogen-bond acceptors (Lipinski definition) is 2. The summed E-state index contributed by atoms with van der Waals surface area (Å²) in [6.07, 6.45) is 3.39. The molecule has 5 nitrogen and oxygen atoms in total. The number of hydrogen-bond donors (Lipinski definition) is 3. The third-order valence-corrected chi connectivity index (χ3v) is 5.06. The Labute approximate surface area is 154 Å². The third kappa shape index (κ3) is 4.92. The zero-order valence-electron chi connectivity index (χ0n) is 14.9. The number of rotatable bonds is 6. The Hall–Kier alpha value is -2.66. The summed E-state index contributed by atoms with van der Waals surface area (Å²) in [5.41, 5.74) is 7.58. The van der Waals surface area contributed by atoms with Gasteiger partial charge in [0.25, 0.3) is 11.8 Å². The van der Waals surface area contributed by atoms with Crippen molar-refractivity contribution < 1.29 is 14.5 Å². The maximum Gasteiger partial charge on any atom is 0.279 e. The van der Waals surface area contributed by atoms with Crippen LogP contribution >= 0.6 is 0 Å². The first kappa shape index (κ1) is 18.1. The molecule has 1 aliphatic rings. The molecule has 1 aliphatic heterocycles. The first-order valence-electron chi connectivity index (χ1n) is 9.18. The van der Waals surface area contributed by atoms with Crippen molar-refractivity contribution in [1.82, 2.24) is 0 Å². The summed E-state index contributed by atoms with van der Waals surface area (Å²) in [6, 6.07) is 17.4. The summed E-state index contributed by atoms with van der Waals surface area (Å²) >= 11 is 0. The summed E-state index contributed by atoms with van der Waals surface area (Å²) in [5, 5.41) is 2.83. The molecule has 2 aromatic rings. The van der Waals surface area contributed by atoms with Crippen molar-refractivity contribution in [3.05, 3.63) is 65.7 Å². The van der Waals surface area contributed by atoms with Gasteiger partial charge in [0.2, 0.25) is 0 Å². The number of likely N-dealkylation sites (tertiary alicyclic amines) is 1. The Balaban J connectivity index is 1.47. The molecular formula is C21H26N3O2+. The highest BCUT2D eigenvalue weighted by molar-refractivity contribution is 6.03. The van der Waals surface area contributed by atoms with Crippen LogP contribution in [0.1, 0.15) is 28.8 Å². The number of carbonyl (C=O) groups is 2. The molecule has 0 unspecified atom stereocenters. The van der Waals surface area contributed by atoms with Gasteiger partial charge in [0, 0.05) is 0 Å². The van der Waals surface area contributed by atoms with E-state index in [-0.39, 0.29) is 5.91 Å². The lowest BCUT2D eigenvalue weighted by atomic mass is 9.90. The Morgan fingerprint density at radius 3 is 2.35 bits per heavy atom. The highest BCUT2D eigenvalue weighted by Crippen LogP contribution is 2.17. The number of nitrogens with two attached hydrogens (primary N) is 1. The lowest BCUT2D eigenvalue weighted by Gasteiger charge is -2.29. The standard InChI is InChI=1S/C21H25N3O2/c22-21(26)18-8-4-5-9-19(18)23-20(25)15-24-12-10-17(11-13-24)14-16-6-2-1-3-7-16/h1-9,17H,10-15H2,(H2,22,26)(H,23,25)/p+1. The average Bonchev–Trinajstić information content (AvgIpc) is 2.64. The Morgan fingerprint density at radius 1 is 1.00 bits per heavy atom. The largest absolute Gasteiger partial charge is 0.366 e. The van der Waals surface area contributed by atoms with E-state index in [0.29, 0.717) is 23.7 Å². The zero-order chi connectivity index (χ0) is 18.4. The van der Waals surface area contributed by atoms with Crippen LogP contribution in [-0.4, -0.2) is 31.4 Å². The molecule has 26 heavy (non-hydrogen) atoms. The van der Waals surface area contributed by atoms with Gasteiger partial charge in [-0.3, -0.25) is 9.59 Å². The average molecular weight is 352 g/mol. The van der Waals surface area contributed by atoms with Crippen molar-refractivity contribution in [3.63, 3.8) is 0 Å². The zero-order valence-corrected chi connectivity index (χ0v) is 14.9. The fraction of sp³-hybridized carbons (Fsp3) is 0.333. The molecule has 1 saturated heterocycles. The SMILES string of the molecule is NC(=O)c1ccccc1NC(=O)C[NH+]1CCC(Cc2ccccc2)CC1. The van der Waals surface area contributed by atoms with Crippen LogP contribution in [0.2, 0.25) is 0 Å². The van der Waals surface area contributed by atoms with Gasteiger partial charge in [0.15, 0.2) is 6.54 Å². The minimum Gasteiger partial charge on any atom is -0.366 e. The first-order valence-corrected chi connectivity index (χ1v) is 9.18. The van der Waals surface area contributed by atoms with Crippen LogP contribution in [0, 0.1) is 5.92 Å². The van der Waals surface area contributed by atoms with Gasteiger partial charge in [-0.15, -0.1) is 0 Å². The van der Waals surface area contributed by atoms with E-state index in [1.165, 1.54) is 10.5 Å². The molecule has 0 bridgehead atoms. The maximum atomic E-state index is 12.3. The van der Waals surface area contributed by atoms with Crippen LogP contribution < -0.4 is 16.0 Å². The van der Waals surface area contributed by atoms with Crippen LogP contribution in [0.3, 0.4) is 0 Å². The predicted molar refractivity (Wildman–Crippen MR) is 102 cm³/mol. The monoisotopic (exact) mass is 352 g/mol. The van der Waals surface area contributed by atoms with Gasteiger partial charge in [-0.1, -0.05) is 42.5 Å². The Morgan fingerprint density at radius 2 is 1.65 bits per heavy atom. The maximum absolute atomic E-state index is 12.3. The minimum absolute atomic E-state index is 0.0739. The topological polar surface area (TPSA) is 76.6 Å². The van der Waals surface area contributed by atoms with Crippen LogP contribution in [0.5, 0.6) is 0 Å². The Kier molecular flexibility index (Phi) is 6.02. The summed E-state index contributed by atoms with van der Waals surface area (Å²) < 4.78 is 0. The summed E-state index contributed by atoms with van der Waals surface area (Å²) in [7, 11) is 0. The number of primary amides is 1. The van der Waals surface area contributed by atoms with Crippen molar-refractivity contribution in [3.8, 4) is 0 Å². The molecule has 0 radical (unpaired) electrons. The number of para-hydroxylation sites is 1. The summed E-state index contributed by atoms with van der Waals surface area (Å²) in [4.78, 5) is 25.1. The molecular weight excluding hydrogens is 326 g/mol. The highest BCUT2D eigenvalue weighted by atomic mass is 16.2. The van der Waals surface area contributed by atoms with Crippen molar-refractivity contribution in [2.45, 2.75) is 19.3 Å². The van der Waals surface area contributed by atoms with Crippen molar-refractivity contribution in [2.24, 2.45) is 11.7 Å². The quantitative estimate of drug-likeness (QED) is 0.732. The fourth-order valence-corrected chi connectivity index (χ4v) is 3.64. The molecule has 0 spiro atoms. The molecule has 5 heteroatoms. The third-order valence-electron chi connectivity index (χ3n) is 5.06. The number of piperidine rings is 1. The number of carbonyl (C=O) groups excluding carboxylic acids is 2. The predicted octanol–water partition coefficient (Wildman–Crippen LogP) is 1.26. The van der Waals surface area contributed by atoms with E-state index in [1.807, 2.05) is 6.07 Å². The number of amides is 2. The van der Waals surface area contributed by atoms with Gasteiger partial charge >= 0.3 is 0 Å². The fourth-order valence-electron chi connectivity index (χ4n) is 3.64. The molecule has 0 aromatic heterocycles. The second kappa shape index (κ2) is 8.63. The van der Waals surface area contributed by atoms with Crippen molar-refractivity contribution in [1.29, 1.82) is 0 Å². The summed E-state index contributed by atoms with van der Waals surface area (Å²) in [5.74, 6) is 0.0879. The second-order valence-electron chi connectivity index (χ2n) is 7.02. The van der Waals surface area contributed by atoms with Crippen molar-refractivity contribution >= 4 is 17.5 Å². The van der Waals surface area contributed by atoms with E-state index in [4.69, 9.17) is 5.73 Å². The van der Waals surface area contributed by atoms with Gasteiger partial charge in [-0.05, 0) is 42.9 Å². The number of nitrogens with one attached hydrogen (secondary N) is 2. The lowest BCUT2D eigenvalue weighted by molar-refractivity contribution is -0.898. The van der Waals surface area contributed by atoms with Gasteiger partial charge in [-0.25, -0.2) is 0 Å². The first-order chi connectivity index (χ1) is 12.6. The molecule has 3 rings (SSSR count). The van der Waals surface area contributed by atoms with Crippen LogP contribution in [0.4, 0.5) is 5.69 Å². The van der Waals surface area contributed by atoms with E-state index in [1.54, 1.807) is 24.3 Å². The second-order valence-corrected chi connectivity index (χ2v) is 7.02. The molecule has 2 aromatic carbocycles. The molecule has 2 amide bonds. The van der Waals surface area contributed by atoms with Gasteiger partial charge in [0.1, 0.15) is 0 Å². The number of benzene rings is 2. The van der Waals surface area contributed by atoms with E-state index >= 15 is 0 Å². The minimum atomic E-state index is -0.532. The molecule has 1 heterocycles. The molecule has 0 atom stereocenters. The van der Waals surface area contributed by atoms with Gasteiger partial charge < -0.3 is 16.0 Å². The van der Waals surface area contributed by atoms with Crippen LogP contribution in [0.25, 0.3) is 0 Å². The highest BCUT2D eigenvalue weighted by Gasteiger charge is 2.24. The van der Waals surface area contributed by atoms with E-state index < -0.39 is 5.91 Å². The molecule has 0 saturated carbocycles. The van der Waals surface area contributed by atoms with Crippen LogP contribution in [-0.2, 0) is 11.2 Å². The smallest absolute Gasteiger partial charge is 0.279 e. The molecule has 1 fully saturated rings. The molecule has 0 aliphatic carbocycles. The lowest BCUT2D eigenvalue weighted by Crippen LogP contribution is -3.14. The van der Waals surface area contributed by atoms with Gasteiger partial charge in [-0.2, -0.15) is 0 Å². The van der Waals surface area contributed by atoms with Gasteiger partial charge in [0.05, 0.1) is 24.3 Å². The van der Waals surface area contributed by atoms with E-state index in [2.05, 4.69) is 29.6 Å². The Bertz CT molecular complexity index is 753. The number of quaternary nitrogens is 1. The van der Waals surface area contributed by atoms with E-state index in [0.717, 1.165) is 32.4 Å². The molecule has 4 N–H and O–H groups in total. The molecule has 136 valence electrons. The van der Waals surface area contributed by atoms with E-state index in [9.17, 15) is 9.59 Å². The van der Waals surface area contributed by atoms with Crippen LogP contribution in [0.15, 0.2) is 54.6 Å². The normalized spacial score (nSPS) is 19.7. The summed E-state index contributed by atoms with van der Waals surface area (Å²) in [6.45, 7) is 2.43.